The maximum Gasteiger partial charge on any atom is 0.335 e. The van der Waals surface area contributed by atoms with Crippen molar-refractivity contribution in [2.24, 2.45) is 0 Å². The van der Waals surface area contributed by atoms with E-state index in [1.807, 2.05) is 24.3 Å². The molecule has 0 radical (unpaired) electrons. The fourth-order valence-corrected chi connectivity index (χ4v) is 2.48. The lowest BCUT2D eigenvalue weighted by Gasteiger charge is -2.09. The molecule has 2 aromatic rings. The predicted octanol–water partition coefficient (Wildman–Crippen LogP) is 4.49. The lowest BCUT2D eigenvalue weighted by molar-refractivity contribution is 0.0696. The number of rotatable bonds is 4. The quantitative estimate of drug-likeness (QED) is 0.843. The average Bonchev–Trinajstić information content (AvgIpc) is 2.37. The van der Waals surface area contributed by atoms with E-state index < -0.39 is 5.97 Å². The van der Waals surface area contributed by atoms with Gasteiger partial charge in [-0.25, -0.2) is 4.79 Å². The van der Waals surface area contributed by atoms with Crippen molar-refractivity contribution < 1.29 is 14.6 Å². The Balaban J connectivity index is 2.10. The van der Waals surface area contributed by atoms with Crippen LogP contribution in [0, 0.1) is 0 Å². The minimum atomic E-state index is -0.959. The molecule has 1 N–H and O–H groups in total. The normalized spacial score (nSPS) is 10.2. The highest BCUT2D eigenvalue weighted by molar-refractivity contribution is 9.10. The Bertz CT molecular complexity index is 611. The number of hydrogen-bond donors (Lipinski definition) is 1. The van der Waals surface area contributed by atoms with Crippen molar-refractivity contribution in [2.75, 3.05) is 0 Å². The van der Waals surface area contributed by atoms with E-state index in [4.69, 9.17) is 9.84 Å². The van der Waals surface area contributed by atoms with Crippen LogP contribution in [0.4, 0.5) is 0 Å². The number of halogens is 2. The second kappa shape index (κ2) is 6.21. The third-order valence-corrected chi connectivity index (χ3v) is 3.58. The molecule has 0 fully saturated rings. The lowest BCUT2D eigenvalue weighted by atomic mass is 10.2. The van der Waals surface area contributed by atoms with Gasteiger partial charge in [0.15, 0.2) is 0 Å². The van der Waals surface area contributed by atoms with Crippen LogP contribution in [0.15, 0.2) is 51.4 Å². The van der Waals surface area contributed by atoms with Crippen molar-refractivity contribution in [3.8, 4) is 5.75 Å². The molecule has 19 heavy (non-hydrogen) atoms. The first kappa shape index (κ1) is 14.1. The Morgan fingerprint density at radius 2 is 1.95 bits per heavy atom. The molecular weight excluding hydrogens is 376 g/mol. The summed E-state index contributed by atoms with van der Waals surface area (Å²) in [6.45, 7) is 0.421. The van der Waals surface area contributed by atoms with Gasteiger partial charge in [-0.15, -0.1) is 0 Å². The van der Waals surface area contributed by atoms with Crippen molar-refractivity contribution in [3.05, 3.63) is 62.5 Å². The Kier molecular flexibility index (Phi) is 4.61. The van der Waals surface area contributed by atoms with Gasteiger partial charge in [-0.2, -0.15) is 0 Å². The summed E-state index contributed by atoms with van der Waals surface area (Å²) in [6.07, 6.45) is 0. The van der Waals surface area contributed by atoms with Crippen LogP contribution in [-0.2, 0) is 6.61 Å². The molecule has 0 spiro atoms. The zero-order valence-electron chi connectivity index (χ0n) is 9.77. The zero-order valence-corrected chi connectivity index (χ0v) is 12.9. The molecule has 0 atom stereocenters. The van der Waals surface area contributed by atoms with Crippen molar-refractivity contribution in [3.63, 3.8) is 0 Å². The number of carboxylic acid groups (broad SMARTS) is 1. The van der Waals surface area contributed by atoms with Gasteiger partial charge in [0.1, 0.15) is 12.4 Å². The maximum absolute atomic E-state index is 10.8. The van der Waals surface area contributed by atoms with E-state index in [2.05, 4.69) is 31.9 Å². The van der Waals surface area contributed by atoms with Gasteiger partial charge in [0.05, 0.1) is 10.0 Å². The molecule has 2 aromatic carbocycles. The number of benzene rings is 2. The summed E-state index contributed by atoms with van der Waals surface area (Å²) in [5.41, 5.74) is 1.25. The summed E-state index contributed by atoms with van der Waals surface area (Å²) in [7, 11) is 0. The Hall–Kier alpha value is -1.33. The highest BCUT2D eigenvalue weighted by Crippen LogP contribution is 2.27. The van der Waals surface area contributed by atoms with Gasteiger partial charge < -0.3 is 9.84 Å². The van der Waals surface area contributed by atoms with Gasteiger partial charge in [-0.1, -0.05) is 28.1 Å². The molecular formula is C14H10Br2O3. The van der Waals surface area contributed by atoms with Crippen LogP contribution in [0.3, 0.4) is 0 Å². The summed E-state index contributed by atoms with van der Waals surface area (Å²) in [4.78, 5) is 10.8. The van der Waals surface area contributed by atoms with Crippen LogP contribution in [0.25, 0.3) is 0 Å². The molecule has 0 saturated carbocycles. The molecule has 3 nitrogen and oxygen atoms in total. The van der Waals surface area contributed by atoms with Gasteiger partial charge in [0, 0.05) is 4.47 Å². The largest absolute Gasteiger partial charge is 0.488 e. The van der Waals surface area contributed by atoms with E-state index in [0.29, 0.717) is 16.8 Å². The molecule has 0 aliphatic carbocycles. The monoisotopic (exact) mass is 384 g/mol. The predicted molar refractivity (Wildman–Crippen MR) is 79.6 cm³/mol. The first-order chi connectivity index (χ1) is 9.06. The third kappa shape index (κ3) is 3.81. The van der Waals surface area contributed by atoms with Crippen LogP contribution in [0.5, 0.6) is 5.75 Å². The minimum Gasteiger partial charge on any atom is -0.488 e. The summed E-state index contributed by atoms with van der Waals surface area (Å²) in [5.74, 6) is -0.343. The van der Waals surface area contributed by atoms with E-state index in [-0.39, 0.29) is 5.56 Å². The van der Waals surface area contributed by atoms with E-state index in [1.54, 1.807) is 6.07 Å². The molecule has 0 aromatic heterocycles. The molecule has 98 valence electrons. The van der Waals surface area contributed by atoms with Crippen LogP contribution < -0.4 is 4.74 Å². The minimum absolute atomic E-state index is 0.224. The highest BCUT2D eigenvalue weighted by Gasteiger charge is 2.07. The first-order valence-corrected chi connectivity index (χ1v) is 7.05. The van der Waals surface area contributed by atoms with Crippen molar-refractivity contribution >= 4 is 37.8 Å². The number of aromatic carboxylic acids is 1. The smallest absolute Gasteiger partial charge is 0.335 e. The molecule has 2 rings (SSSR count). The molecule has 0 amide bonds. The highest BCUT2D eigenvalue weighted by atomic mass is 79.9. The van der Waals surface area contributed by atoms with E-state index in [9.17, 15) is 4.79 Å². The van der Waals surface area contributed by atoms with Crippen LogP contribution in [0.2, 0.25) is 0 Å². The molecule has 0 saturated heterocycles. The number of hydrogen-bond acceptors (Lipinski definition) is 2. The summed E-state index contributed by atoms with van der Waals surface area (Å²) in [6, 6.07) is 12.5. The second-order valence-electron chi connectivity index (χ2n) is 3.87. The molecule has 0 unspecified atom stereocenters. The lowest BCUT2D eigenvalue weighted by Crippen LogP contribution is -1.99. The van der Waals surface area contributed by atoms with Gasteiger partial charge >= 0.3 is 5.97 Å². The van der Waals surface area contributed by atoms with E-state index in [1.165, 1.54) is 12.1 Å². The maximum atomic E-state index is 10.8. The SMILES string of the molecule is O=C(O)c1ccc(OCc2cccc(Br)c2)c(Br)c1. The Morgan fingerprint density at radius 1 is 1.16 bits per heavy atom. The first-order valence-electron chi connectivity index (χ1n) is 5.46. The van der Waals surface area contributed by atoms with Crippen LogP contribution >= 0.6 is 31.9 Å². The summed E-state index contributed by atoms with van der Waals surface area (Å²) in [5, 5.41) is 8.87. The molecule has 5 heteroatoms. The second-order valence-corrected chi connectivity index (χ2v) is 5.64. The van der Waals surface area contributed by atoms with E-state index >= 15 is 0 Å². The number of ether oxygens (including phenoxy) is 1. The number of carboxylic acids is 1. The third-order valence-electron chi connectivity index (χ3n) is 2.46. The van der Waals surface area contributed by atoms with Gasteiger partial charge in [-0.05, 0) is 51.8 Å². The fourth-order valence-electron chi connectivity index (χ4n) is 1.54. The average molecular weight is 386 g/mol. The van der Waals surface area contributed by atoms with Crippen molar-refractivity contribution in [1.29, 1.82) is 0 Å². The standard InChI is InChI=1S/C14H10Br2O3/c15-11-3-1-2-9(6-11)8-19-13-5-4-10(14(17)18)7-12(13)16/h1-7H,8H2,(H,17,18). The Morgan fingerprint density at radius 3 is 2.58 bits per heavy atom. The summed E-state index contributed by atoms with van der Waals surface area (Å²) >= 11 is 6.70. The molecule has 0 aliphatic rings. The molecule has 0 aliphatic heterocycles. The molecule has 0 heterocycles. The topological polar surface area (TPSA) is 46.5 Å². The zero-order chi connectivity index (χ0) is 13.8. The number of carbonyl (C=O) groups is 1. The van der Waals surface area contributed by atoms with Gasteiger partial charge in [-0.3, -0.25) is 0 Å². The van der Waals surface area contributed by atoms with E-state index in [0.717, 1.165) is 10.0 Å². The summed E-state index contributed by atoms with van der Waals surface area (Å²) < 4.78 is 7.27. The van der Waals surface area contributed by atoms with Crippen molar-refractivity contribution in [1.82, 2.24) is 0 Å². The van der Waals surface area contributed by atoms with Gasteiger partial charge in [0.25, 0.3) is 0 Å². The van der Waals surface area contributed by atoms with Crippen LogP contribution in [0.1, 0.15) is 15.9 Å². The fraction of sp³-hybridized carbons (Fsp3) is 0.0714. The van der Waals surface area contributed by atoms with Crippen molar-refractivity contribution in [2.45, 2.75) is 6.61 Å². The van der Waals surface area contributed by atoms with Crippen LogP contribution in [-0.4, -0.2) is 11.1 Å². The molecule has 0 bridgehead atoms. The Labute approximate surface area is 127 Å². The van der Waals surface area contributed by atoms with Gasteiger partial charge in [0.2, 0.25) is 0 Å².